The Morgan fingerprint density at radius 2 is 2.14 bits per heavy atom. The molecule has 1 N–H and O–H groups in total. The Balaban J connectivity index is 1.90. The molecule has 4 nitrogen and oxygen atoms in total. The molecular formula is C17H16N2O2. The molecule has 0 bridgehead atoms. The highest BCUT2D eigenvalue weighted by Gasteiger charge is 2.21. The van der Waals surface area contributed by atoms with Crippen LogP contribution in [-0.2, 0) is 0 Å². The van der Waals surface area contributed by atoms with Gasteiger partial charge in [-0.1, -0.05) is 18.2 Å². The molecule has 106 valence electrons. The van der Waals surface area contributed by atoms with Crippen LogP contribution in [-0.4, -0.2) is 13.7 Å². The summed E-state index contributed by atoms with van der Waals surface area (Å²) in [4.78, 5) is 0. The average molecular weight is 280 g/mol. The second-order valence-electron chi connectivity index (χ2n) is 4.90. The van der Waals surface area contributed by atoms with Crippen molar-refractivity contribution >= 4 is 5.69 Å². The number of nitrogens with one attached hydrogen (secondary N) is 1. The van der Waals surface area contributed by atoms with Crippen LogP contribution in [0.1, 0.15) is 23.6 Å². The van der Waals surface area contributed by atoms with Crippen molar-refractivity contribution in [3.05, 3.63) is 53.6 Å². The summed E-state index contributed by atoms with van der Waals surface area (Å²) in [5, 5.41) is 12.5. The zero-order chi connectivity index (χ0) is 14.7. The lowest BCUT2D eigenvalue weighted by Crippen LogP contribution is -2.20. The van der Waals surface area contributed by atoms with Crippen LogP contribution in [0, 0.1) is 11.3 Å². The van der Waals surface area contributed by atoms with Crippen LogP contribution in [0.15, 0.2) is 42.5 Å². The van der Waals surface area contributed by atoms with E-state index in [0.717, 1.165) is 23.4 Å². The number of para-hydroxylation sites is 1. The summed E-state index contributed by atoms with van der Waals surface area (Å²) in [6.45, 7) is 0.688. The van der Waals surface area contributed by atoms with Crippen molar-refractivity contribution in [2.24, 2.45) is 0 Å². The maximum atomic E-state index is 8.96. The van der Waals surface area contributed by atoms with Gasteiger partial charge in [0.1, 0.15) is 11.5 Å². The van der Waals surface area contributed by atoms with E-state index in [9.17, 15) is 0 Å². The molecule has 0 aliphatic carbocycles. The molecule has 2 aromatic carbocycles. The van der Waals surface area contributed by atoms with E-state index < -0.39 is 0 Å². The molecule has 21 heavy (non-hydrogen) atoms. The SMILES string of the molecule is COc1cc(C#N)ccc1NC1CCOc2ccccc21. The molecular weight excluding hydrogens is 264 g/mol. The van der Waals surface area contributed by atoms with Crippen molar-refractivity contribution < 1.29 is 9.47 Å². The molecule has 1 atom stereocenters. The lowest BCUT2D eigenvalue weighted by molar-refractivity contribution is 0.274. The number of fused-ring (bicyclic) bond motifs is 1. The van der Waals surface area contributed by atoms with Gasteiger partial charge in [-0.15, -0.1) is 0 Å². The third-order valence-electron chi connectivity index (χ3n) is 3.62. The monoisotopic (exact) mass is 280 g/mol. The van der Waals surface area contributed by atoms with Gasteiger partial charge in [0.2, 0.25) is 0 Å². The number of hydrogen-bond acceptors (Lipinski definition) is 4. The van der Waals surface area contributed by atoms with E-state index in [4.69, 9.17) is 14.7 Å². The first-order valence-electron chi connectivity index (χ1n) is 6.88. The number of nitrogens with zero attached hydrogens (tertiary/aromatic N) is 1. The number of nitriles is 1. The van der Waals surface area contributed by atoms with E-state index in [1.54, 1.807) is 19.2 Å². The minimum atomic E-state index is 0.178. The van der Waals surface area contributed by atoms with Crippen molar-refractivity contribution in [1.29, 1.82) is 5.26 Å². The molecule has 4 heteroatoms. The van der Waals surface area contributed by atoms with Crippen LogP contribution in [0.4, 0.5) is 5.69 Å². The second kappa shape index (κ2) is 5.76. The summed E-state index contributed by atoms with van der Waals surface area (Å²) in [7, 11) is 1.61. The summed E-state index contributed by atoms with van der Waals surface area (Å²) < 4.78 is 11.0. The maximum absolute atomic E-state index is 8.96. The topological polar surface area (TPSA) is 54.3 Å². The molecule has 0 saturated heterocycles. The molecule has 1 aliphatic rings. The quantitative estimate of drug-likeness (QED) is 0.935. The van der Waals surface area contributed by atoms with E-state index >= 15 is 0 Å². The molecule has 0 saturated carbocycles. The summed E-state index contributed by atoms with van der Waals surface area (Å²) in [6, 6.07) is 15.8. The summed E-state index contributed by atoms with van der Waals surface area (Å²) in [6.07, 6.45) is 0.889. The van der Waals surface area contributed by atoms with E-state index in [-0.39, 0.29) is 6.04 Å². The van der Waals surface area contributed by atoms with E-state index in [2.05, 4.69) is 17.5 Å². The van der Waals surface area contributed by atoms with Gasteiger partial charge in [-0.2, -0.15) is 5.26 Å². The molecule has 3 rings (SSSR count). The number of benzene rings is 2. The minimum Gasteiger partial charge on any atom is -0.495 e. The zero-order valence-corrected chi connectivity index (χ0v) is 11.8. The van der Waals surface area contributed by atoms with Crippen molar-refractivity contribution in [3.8, 4) is 17.6 Å². The third kappa shape index (κ3) is 2.63. The highest BCUT2D eigenvalue weighted by molar-refractivity contribution is 5.61. The highest BCUT2D eigenvalue weighted by atomic mass is 16.5. The molecule has 1 unspecified atom stereocenters. The first kappa shape index (κ1) is 13.3. The summed E-state index contributed by atoms with van der Waals surface area (Å²) in [5.74, 6) is 1.60. The van der Waals surface area contributed by atoms with E-state index in [1.807, 2.05) is 24.3 Å². The van der Waals surface area contributed by atoms with Gasteiger partial charge in [0.05, 0.1) is 37.1 Å². The lowest BCUT2D eigenvalue weighted by atomic mass is 10.00. The fraction of sp³-hybridized carbons (Fsp3) is 0.235. The summed E-state index contributed by atoms with van der Waals surface area (Å²) >= 11 is 0. The standard InChI is InChI=1S/C17H16N2O2/c1-20-17-10-12(11-18)6-7-15(17)19-14-8-9-21-16-5-3-2-4-13(14)16/h2-7,10,14,19H,8-9H2,1H3. The van der Waals surface area contributed by atoms with Crippen LogP contribution in [0.25, 0.3) is 0 Å². The predicted molar refractivity (Wildman–Crippen MR) is 80.6 cm³/mol. The van der Waals surface area contributed by atoms with Gasteiger partial charge in [0.15, 0.2) is 0 Å². The molecule has 0 amide bonds. The normalized spacial score (nSPS) is 16.3. The van der Waals surface area contributed by atoms with Gasteiger partial charge in [0, 0.05) is 18.1 Å². The fourth-order valence-electron chi connectivity index (χ4n) is 2.56. The molecule has 0 fully saturated rings. The second-order valence-corrected chi connectivity index (χ2v) is 4.90. The lowest BCUT2D eigenvalue weighted by Gasteiger charge is -2.28. The highest BCUT2D eigenvalue weighted by Crippen LogP contribution is 2.36. The van der Waals surface area contributed by atoms with Crippen LogP contribution in [0.5, 0.6) is 11.5 Å². The van der Waals surface area contributed by atoms with Gasteiger partial charge < -0.3 is 14.8 Å². The minimum absolute atomic E-state index is 0.178. The Morgan fingerprint density at radius 3 is 2.95 bits per heavy atom. The number of anilines is 1. The predicted octanol–water partition coefficient (Wildman–Crippen LogP) is 3.50. The van der Waals surface area contributed by atoms with E-state index in [1.165, 1.54) is 0 Å². The number of ether oxygens (including phenoxy) is 2. The van der Waals surface area contributed by atoms with Crippen LogP contribution in [0.2, 0.25) is 0 Å². The van der Waals surface area contributed by atoms with Crippen molar-refractivity contribution in [3.63, 3.8) is 0 Å². The molecule has 2 aromatic rings. The maximum Gasteiger partial charge on any atom is 0.143 e. The zero-order valence-electron chi connectivity index (χ0n) is 11.8. The molecule has 1 aliphatic heterocycles. The third-order valence-corrected chi connectivity index (χ3v) is 3.62. The Hall–Kier alpha value is -2.67. The molecule has 0 aromatic heterocycles. The van der Waals surface area contributed by atoms with E-state index in [0.29, 0.717) is 17.9 Å². The van der Waals surface area contributed by atoms with Gasteiger partial charge in [-0.25, -0.2) is 0 Å². The van der Waals surface area contributed by atoms with Gasteiger partial charge in [-0.3, -0.25) is 0 Å². The molecule has 0 radical (unpaired) electrons. The first-order chi connectivity index (χ1) is 10.3. The van der Waals surface area contributed by atoms with Crippen LogP contribution >= 0.6 is 0 Å². The van der Waals surface area contributed by atoms with Crippen molar-refractivity contribution in [2.45, 2.75) is 12.5 Å². The van der Waals surface area contributed by atoms with Gasteiger partial charge >= 0.3 is 0 Å². The Kier molecular flexibility index (Phi) is 3.65. The molecule has 0 spiro atoms. The Bertz CT molecular complexity index is 691. The number of hydrogen-bond donors (Lipinski definition) is 1. The number of rotatable bonds is 3. The van der Waals surface area contributed by atoms with Crippen molar-refractivity contribution in [2.75, 3.05) is 19.0 Å². The Labute approximate surface area is 123 Å². The fourth-order valence-corrected chi connectivity index (χ4v) is 2.56. The Morgan fingerprint density at radius 1 is 1.29 bits per heavy atom. The van der Waals surface area contributed by atoms with Crippen molar-refractivity contribution in [1.82, 2.24) is 0 Å². The largest absolute Gasteiger partial charge is 0.495 e. The smallest absolute Gasteiger partial charge is 0.143 e. The van der Waals surface area contributed by atoms with Gasteiger partial charge in [-0.05, 0) is 18.2 Å². The molecule has 1 heterocycles. The first-order valence-corrected chi connectivity index (χ1v) is 6.88. The summed E-state index contributed by atoms with van der Waals surface area (Å²) in [5.41, 5.74) is 2.62. The number of methoxy groups -OCH3 is 1. The van der Waals surface area contributed by atoms with Crippen LogP contribution < -0.4 is 14.8 Å². The van der Waals surface area contributed by atoms with Crippen LogP contribution in [0.3, 0.4) is 0 Å². The average Bonchev–Trinajstić information content (AvgIpc) is 2.55. The van der Waals surface area contributed by atoms with Gasteiger partial charge in [0.25, 0.3) is 0 Å².